The number of phenols is 1. The number of esters is 1. The Balaban J connectivity index is 1.95. The number of aryl methyl sites for hydroxylation is 1. The van der Waals surface area contributed by atoms with Gasteiger partial charge in [-0.2, -0.15) is 0 Å². The summed E-state index contributed by atoms with van der Waals surface area (Å²) in [5.41, 5.74) is 2.13. The van der Waals surface area contributed by atoms with Crippen molar-refractivity contribution in [3.63, 3.8) is 0 Å². The third-order valence-corrected chi connectivity index (χ3v) is 3.99. The second-order valence-corrected chi connectivity index (χ2v) is 5.92. The van der Waals surface area contributed by atoms with E-state index in [0.29, 0.717) is 0 Å². The Morgan fingerprint density at radius 2 is 1.79 bits per heavy atom. The Hall–Kier alpha value is -2.04. The van der Waals surface area contributed by atoms with Crippen molar-refractivity contribution in [2.45, 2.75) is 25.4 Å². The number of aromatic hydroxyl groups is 1. The summed E-state index contributed by atoms with van der Waals surface area (Å²) in [6, 6.07) is 14.6. The fourth-order valence-corrected chi connectivity index (χ4v) is 2.53. The fraction of sp³-hybridized carbons (Fsp3) is 0.316. The quantitative estimate of drug-likeness (QED) is 0.723. The maximum absolute atomic E-state index is 11.3. The number of ether oxygens (including phenoxy) is 2. The zero-order valence-corrected chi connectivity index (χ0v) is 14.3. The van der Waals surface area contributed by atoms with Crippen LogP contribution in [0, 0.1) is 0 Å². The Bertz CT molecular complexity index is 637. The Kier molecular flexibility index (Phi) is 7.09. The van der Waals surface area contributed by atoms with E-state index in [0.717, 1.165) is 29.8 Å². The van der Waals surface area contributed by atoms with Crippen LogP contribution < -0.4 is 0 Å². The molecule has 5 heteroatoms. The summed E-state index contributed by atoms with van der Waals surface area (Å²) < 4.78 is 10.3. The van der Waals surface area contributed by atoms with Crippen molar-refractivity contribution in [1.82, 2.24) is 0 Å². The van der Waals surface area contributed by atoms with Gasteiger partial charge in [0.1, 0.15) is 12.4 Å². The number of hydrogen-bond acceptors (Lipinski definition) is 4. The maximum Gasteiger partial charge on any atom is 0.331 e. The molecule has 1 unspecified atom stereocenters. The van der Waals surface area contributed by atoms with Gasteiger partial charge >= 0.3 is 5.97 Å². The molecular weight excluding hydrogens is 328 g/mol. The number of benzene rings is 2. The van der Waals surface area contributed by atoms with Crippen LogP contribution in [-0.4, -0.2) is 24.8 Å². The summed E-state index contributed by atoms with van der Waals surface area (Å²) in [4.78, 5) is 11.3. The Morgan fingerprint density at radius 1 is 1.12 bits per heavy atom. The molecule has 2 aromatic carbocycles. The number of phenolic OH excluding ortho intramolecular Hbond substituents is 1. The first kappa shape index (κ1) is 18.3. The molecular formula is C19H21ClO4. The maximum atomic E-state index is 11.3. The number of carbonyl (C=O) groups is 1. The van der Waals surface area contributed by atoms with Gasteiger partial charge in [-0.15, -0.1) is 0 Å². The number of rotatable bonds is 8. The normalized spacial score (nSPS) is 11.9. The Morgan fingerprint density at radius 3 is 2.42 bits per heavy atom. The molecule has 0 aromatic heterocycles. The van der Waals surface area contributed by atoms with E-state index in [1.807, 2.05) is 24.3 Å². The first-order valence-electron chi connectivity index (χ1n) is 7.80. The summed E-state index contributed by atoms with van der Waals surface area (Å²) in [6.45, 7) is -0.0943. The Labute approximate surface area is 147 Å². The van der Waals surface area contributed by atoms with E-state index in [1.165, 1.54) is 12.7 Å². The summed E-state index contributed by atoms with van der Waals surface area (Å²) in [5.74, 6) is -0.205. The lowest BCUT2D eigenvalue weighted by Gasteiger charge is -2.18. The summed E-state index contributed by atoms with van der Waals surface area (Å²) in [7, 11) is 1.34. The van der Waals surface area contributed by atoms with Gasteiger partial charge in [0.05, 0.1) is 13.2 Å². The van der Waals surface area contributed by atoms with E-state index < -0.39 is 5.97 Å². The second-order valence-electron chi connectivity index (χ2n) is 5.49. The van der Waals surface area contributed by atoms with Crippen molar-refractivity contribution >= 4 is 17.6 Å². The molecule has 0 aliphatic rings. The molecule has 0 saturated heterocycles. The lowest BCUT2D eigenvalue weighted by molar-refractivity contribution is -0.148. The standard InChI is InChI=1S/C19H21ClO4/c1-23-19(22)13-24-18(15-7-11-17(21)12-8-15)4-2-3-14-5-9-16(20)10-6-14/h5-12,18,21H,2-4,13H2,1H3. The predicted molar refractivity (Wildman–Crippen MR) is 93.2 cm³/mol. The van der Waals surface area contributed by atoms with E-state index in [9.17, 15) is 9.90 Å². The minimum Gasteiger partial charge on any atom is -0.508 e. The highest BCUT2D eigenvalue weighted by molar-refractivity contribution is 6.30. The van der Waals surface area contributed by atoms with E-state index in [2.05, 4.69) is 4.74 Å². The number of carbonyl (C=O) groups excluding carboxylic acids is 1. The first-order chi connectivity index (χ1) is 11.6. The lowest BCUT2D eigenvalue weighted by Crippen LogP contribution is -2.14. The molecule has 0 fully saturated rings. The molecule has 1 N–H and O–H groups in total. The van der Waals surface area contributed by atoms with Crippen molar-refractivity contribution in [3.8, 4) is 5.75 Å². The van der Waals surface area contributed by atoms with E-state index in [-0.39, 0.29) is 18.5 Å². The molecule has 24 heavy (non-hydrogen) atoms. The fourth-order valence-electron chi connectivity index (χ4n) is 2.41. The van der Waals surface area contributed by atoms with Crippen LogP contribution in [0.5, 0.6) is 5.75 Å². The molecule has 2 rings (SSSR count). The smallest absolute Gasteiger partial charge is 0.331 e. The van der Waals surface area contributed by atoms with E-state index in [4.69, 9.17) is 16.3 Å². The second kappa shape index (κ2) is 9.30. The average molecular weight is 349 g/mol. The molecule has 0 saturated carbocycles. The highest BCUT2D eigenvalue weighted by Crippen LogP contribution is 2.25. The van der Waals surface area contributed by atoms with Crippen LogP contribution in [0.3, 0.4) is 0 Å². The topological polar surface area (TPSA) is 55.8 Å². The molecule has 2 aromatic rings. The van der Waals surface area contributed by atoms with Gasteiger partial charge in [0, 0.05) is 5.02 Å². The van der Waals surface area contributed by atoms with Crippen molar-refractivity contribution in [1.29, 1.82) is 0 Å². The molecule has 0 spiro atoms. The van der Waals surface area contributed by atoms with Crippen LogP contribution in [0.2, 0.25) is 5.02 Å². The van der Waals surface area contributed by atoms with Crippen LogP contribution in [0.25, 0.3) is 0 Å². The van der Waals surface area contributed by atoms with Gasteiger partial charge in [-0.3, -0.25) is 0 Å². The SMILES string of the molecule is COC(=O)COC(CCCc1ccc(Cl)cc1)c1ccc(O)cc1. The van der Waals surface area contributed by atoms with Gasteiger partial charge in [-0.1, -0.05) is 35.9 Å². The van der Waals surface area contributed by atoms with Gasteiger partial charge in [-0.05, 0) is 54.7 Å². The highest BCUT2D eigenvalue weighted by Gasteiger charge is 2.14. The van der Waals surface area contributed by atoms with Gasteiger partial charge in [0.15, 0.2) is 0 Å². The number of hydrogen-bond donors (Lipinski definition) is 1. The molecule has 0 heterocycles. The summed E-state index contributed by atoms with van der Waals surface area (Å²) in [5, 5.41) is 10.1. The van der Waals surface area contributed by atoms with E-state index >= 15 is 0 Å². The molecule has 0 amide bonds. The lowest BCUT2D eigenvalue weighted by atomic mass is 10.0. The van der Waals surface area contributed by atoms with Crippen LogP contribution in [0.15, 0.2) is 48.5 Å². The molecule has 0 aliphatic carbocycles. The van der Waals surface area contributed by atoms with E-state index in [1.54, 1.807) is 24.3 Å². The third kappa shape index (κ3) is 5.87. The van der Waals surface area contributed by atoms with Gasteiger partial charge in [-0.25, -0.2) is 4.79 Å². The molecule has 4 nitrogen and oxygen atoms in total. The van der Waals surface area contributed by atoms with Gasteiger partial charge in [0.25, 0.3) is 0 Å². The van der Waals surface area contributed by atoms with Crippen molar-refractivity contribution in [3.05, 3.63) is 64.7 Å². The molecule has 1 atom stereocenters. The van der Waals surface area contributed by atoms with Gasteiger partial charge < -0.3 is 14.6 Å². The minimum absolute atomic E-state index is 0.0943. The van der Waals surface area contributed by atoms with Crippen LogP contribution >= 0.6 is 11.6 Å². The van der Waals surface area contributed by atoms with Crippen LogP contribution in [0.1, 0.15) is 30.1 Å². The van der Waals surface area contributed by atoms with Crippen LogP contribution in [-0.2, 0) is 20.7 Å². The first-order valence-corrected chi connectivity index (χ1v) is 8.18. The average Bonchev–Trinajstić information content (AvgIpc) is 2.60. The third-order valence-electron chi connectivity index (χ3n) is 3.74. The predicted octanol–water partition coefficient (Wildman–Crippen LogP) is 4.30. The number of methoxy groups -OCH3 is 1. The minimum atomic E-state index is -0.406. The van der Waals surface area contributed by atoms with Gasteiger partial charge in [0.2, 0.25) is 0 Å². The largest absolute Gasteiger partial charge is 0.508 e. The molecule has 128 valence electrons. The highest BCUT2D eigenvalue weighted by atomic mass is 35.5. The molecule has 0 radical (unpaired) electrons. The van der Waals surface area contributed by atoms with Crippen molar-refractivity contribution < 1.29 is 19.4 Å². The molecule has 0 bridgehead atoms. The van der Waals surface area contributed by atoms with Crippen LogP contribution in [0.4, 0.5) is 0 Å². The van der Waals surface area contributed by atoms with Crippen molar-refractivity contribution in [2.24, 2.45) is 0 Å². The summed E-state index contributed by atoms with van der Waals surface area (Å²) >= 11 is 5.89. The molecule has 0 aliphatic heterocycles. The zero-order chi connectivity index (χ0) is 17.4. The van der Waals surface area contributed by atoms with Crippen molar-refractivity contribution in [2.75, 3.05) is 13.7 Å². The summed E-state index contributed by atoms with van der Waals surface area (Å²) in [6.07, 6.45) is 2.32. The monoisotopic (exact) mass is 348 g/mol. The zero-order valence-electron chi connectivity index (χ0n) is 13.6. The number of halogens is 1.